The predicted octanol–water partition coefficient (Wildman–Crippen LogP) is 3.41. The molecule has 10 heteroatoms. The van der Waals surface area contributed by atoms with Gasteiger partial charge in [0.2, 0.25) is 5.06 Å². The van der Waals surface area contributed by atoms with E-state index in [9.17, 15) is 13.6 Å². The van der Waals surface area contributed by atoms with Crippen molar-refractivity contribution in [3.63, 3.8) is 0 Å². The second kappa shape index (κ2) is 8.17. The van der Waals surface area contributed by atoms with Crippen LogP contribution in [0.15, 0.2) is 53.6 Å². The van der Waals surface area contributed by atoms with Crippen LogP contribution in [0.3, 0.4) is 0 Å². The summed E-state index contributed by atoms with van der Waals surface area (Å²) >= 11 is 1.25. The fraction of sp³-hybridized carbons (Fsp3) is 0.150. The Morgan fingerprint density at radius 3 is 2.47 bits per heavy atom. The molecule has 7 nitrogen and oxygen atoms in total. The van der Waals surface area contributed by atoms with Gasteiger partial charge < -0.3 is 9.84 Å². The molecule has 0 aliphatic rings. The summed E-state index contributed by atoms with van der Waals surface area (Å²) in [5, 5.41) is 14.3. The van der Waals surface area contributed by atoms with E-state index >= 15 is 0 Å². The number of benzene rings is 2. The molecule has 0 amide bonds. The summed E-state index contributed by atoms with van der Waals surface area (Å²) in [6, 6.07) is 10.1. The minimum absolute atomic E-state index is 0.157. The SMILES string of the molecule is Cc1nc(CO)sc1Oc1ccc(-n2ncn(Cc3c(F)cccc3F)c2=O)cc1. The number of hydrogen-bond acceptors (Lipinski definition) is 6. The molecule has 0 bridgehead atoms. The molecule has 0 saturated carbocycles. The van der Waals surface area contributed by atoms with Gasteiger partial charge in [-0.25, -0.2) is 18.6 Å². The molecule has 2 heterocycles. The maximum atomic E-state index is 13.9. The average molecular weight is 430 g/mol. The van der Waals surface area contributed by atoms with Crippen molar-refractivity contribution >= 4 is 11.3 Å². The molecule has 0 radical (unpaired) electrons. The first kappa shape index (κ1) is 19.9. The van der Waals surface area contributed by atoms with Crippen LogP contribution in [0.4, 0.5) is 8.78 Å². The van der Waals surface area contributed by atoms with E-state index in [2.05, 4.69) is 10.1 Å². The van der Waals surface area contributed by atoms with Crippen LogP contribution in [0.25, 0.3) is 5.69 Å². The Labute approximate surface area is 173 Å². The monoisotopic (exact) mass is 430 g/mol. The summed E-state index contributed by atoms with van der Waals surface area (Å²) in [5.74, 6) is -0.923. The zero-order chi connectivity index (χ0) is 21.3. The first-order chi connectivity index (χ1) is 14.5. The van der Waals surface area contributed by atoms with Crippen molar-refractivity contribution in [1.29, 1.82) is 0 Å². The van der Waals surface area contributed by atoms with Gasteiger partial charge >= 0.3 is 5.69 Å². The first-order valence-electron chi connectivity index (χ1n) is 8.89. The third-order valence-corrected chi connectivity index (χ3v) is 5.37. The molecular weight excluding hydrogens is 414 g/mol. The topological polar surface area (TPSA) is 82.2 Å². The van der Waals surface area contributed by atoms with Crippen LogP contribution in [0.5, 0.6) is 10.8 Å². The van der Waals surface area contributed by atoms with E-state index < -0.39 is 17.3 Å². The Morgan fingerprint density at radius 2 is 1.83 bits per heavy atom. The smallest absolute Gasteiger partial charge is 0.350 e. The normalized spacial score (nSPS) is 11.1. The number of aliphatic hydroxyl groups is 1. The van der Waals surface area contributed by atoms with Crippen molar-refractivity contribution < 1.29 is 18.6 Å². The lowest BCUT2D eigenvalue weighted by atomic mass is 10.2. The molecule has 0 atom stereocenters. The number of rotatable bonds is 6. The van der Waals surface area contributed by atoms with E-state index in [1.807, 2.05) is 0 Å². The molecule has 4 aromatic rings. The quantitative estimate of drug-likeness (QED) is 0.507. The lowest BCUT2D eigenvalue weighted by molar-refractivity contribution is 0.281. The lowest BCUT2D eigenvalue weighted by Crippen LogP contribution is -2.24. The summed E-state index contributed by atoms with van der Waals surface area (Å²) in [5.41, 5.74) is 0.405. The molecule has 0 saturated heterocycles. The molecule has 2 aromatic heterocycles. The fourth-order valence-electron chi connectivity index (χ4n) is 2.83. The van der Waals surface area contributed by atoms with E-state index in [4.69, 9.17) is 9.84 Å². The van der Waals surface area contributed by atoms with Gasteiger partial charge in [-0.2, -0.15) is 9.78 Å². The second-order valence-electron chi connectivity index (χ2n) is 6.39. The summed E-state index contributed by atoms with van der Waals surface area (Å²) in [4.78, 5) is 16.8. The highest BCUT2D eigenvalue weighted by Crippen LogP contribution is 2.31. The maximum absolute atomic E-state index is 13.9. The number of hydrogen-bond donors (Lipinski definition) is 1. The number of aromatic nitrogens is 4. The summed E-state index contributed by atoms with van der Waals surface area (Å²) in [7, 11) is 0. The molecule has 0 fully saturated rings. The van der Waals surface area contributed by atoms with Gasteiger partial charge in [0, 0.05) is 5.56 Å². The van der Waals surface area contributed by atoms with Crippen LogP contribution in [-0.2, 0) is 13.2 Å². The Morgan fingerprint density at radius 1 is 1.13 bits per heavy atom. The number of thiazole rings is 1. The van der Waals surface area contributed by atoms with Crippen molar-refractivity contribution in [2.45, 2.75) is 20.1 Å². The molecule has 0 aliphatic heterocycles. The fourth-order valence-corrected chi connectivity index (χ4v) is 3.63. The van der Waals surface area contributed by atoms with Crippen LogP contribution >= 0.6 is 11.3 Å². The Hall–Kier alpha value is -3.37. The largest absolute Gasteiger partial charge is 0.445 e. The number of aryl methyl sites for hydroxylation is 1. The van der Waals surface area contributed by atoms with Crippen LogP contribution in [0.1, 0.15) is 16.3 Å². The molecule has 154 valence electrons. The van der Waals surface area contributed by atoms with E-state index in [1.165, 1.54) is 23.7 Å². The van der Waals surface area contributed by atoms with Gasteiger partial charge in [-0.15, -0.1) is 0 Å². The number of halogens is 2. The molecule has 2 aromatic carbocycles. The molecule has 30 heavy (non-hydrogen) atoms. The zero-order valence-corrected chi connectivity index (χ0v) is 16.6. The van der Waals surface area contributed by atoms with Crippen LogP contribution < -0.4 is 10.4 Å². The van der Waals surface area contributed by atoms with Gasteiger partial charge in [-0.3, -0.25) is 4.57 Å². The zero-order valence-electron chi connectivity index (χ0n) is 15.7. The molecular formula is C20H16F2N4O3S. The van der Waals surface area contributed by atoms with Crippen LogP contribution in [-0.4, -0.2) is 24.4 Å². The first-order valence-corrected chi connectivity index (χ1v) is 9.70. The second-order valence-corrected chi connectivity index (χ2v) is 7.43. The summed E-state index contributed by atoms with van der Waals surface area (Å²) in [6.07, 6.45) is 1.23. The summed E-state index contributed by atoms with van der Waals surface area (Å²) < 4.78 is 35.7. The van der Waals surface area contributed by atoms with E-state index in [0.29, 0.717) is 27.2 Å². The Bertz CT molecular complexity index is 1230. The number of ether oxygens (including phenoxy) is 1. The third kappa shape index (κ3) is 3.87. The van der Waals surface area contributed by atoms with Crippen molar-refractivity contribution in [3.05, 3.63) is 87.2 Å². The predicted molar refractivity (Wildman–Crippen MR) is 106 cm³/mol. The van der Waals surface area contributed by atoms with Gasteiger partial charge in [-0.1, -0.05) is 17.4 Å². The highest BCUT2D eigenvalue weighted by atomic mass is 32.1. The van der Waals surface area contributed by atoms with Gasteiger partial charge in [-0.05, 0) is 43.3 Å². The molecule has 4 rings (SSSR count). The third-order valence-electron chi connectivity index (χ3n) is 4.35. The number of aliphatic hydroxyl groups excluding tert-OH is 1. The molecule has 0 spiro atoms. The van der Waals surface area contributed by atoms with Crippen molar-refractivity contribution in [2.24, 2.45) is 0 Å². The Kier molecular flexibility index (Phi) is 5.42. The molecule has 1 N–H and O–H groups in total. The average Bonchev–Trinajstić information content (AvgIpc) is 3.28. The van der Waals surface area contributed by atoms with E-state index in [1.54, 1.807) is 31.2 Å². The van der Waals surface area contributed by atoms with Gasteiger partial charge in [0.25, 0.3) is 0 Å². The van der Waals surface area contributed by atoms with Crippen LogP contribution in [0.2, 0.25) is 0 Å². The molecule has 0 aliphatic carbocycles. The van der Waals surface area contributed by atoms with Gasteiger partial charge in [0.1, 0.15) is 28.7 Å². The van der Waals surface area contributed by atoms with Crippen molar-refractivity contribution in [1.82, 2.24) is 19.3 Å². The van der Waals surface area contributed by atoms with Crippen molar-refractivity contribution in [2.75, 3.05) is 0 Å². The van der Waals surface area contributed by atoms with E-state index in [0.717, 1.165) is 21.4 Å². The van der Waals surface area contributed by atoms with E-state index in [-0.39, 0.29) is 18.7 Å². The Balaban J connectivity index is 1.55. The number of nitrogens with zero attached hydrogens (tertiary/aromatic N) is 4. The summed E-state index contributed by atoms with van der Waals surface area (Å²) in [6.45, 7) is 1.36. The molecule has 0 unspecified atom stereocenters. The highest BCUT2D eigenvalue weighted by Gasteiger charge is 2.14. The van der Waals surface area contributed by atoms with Crippen molar-refractivity contribution in [3.8, 4) is 16.5 Å². The van der Waals surface area contributed by atoms with Gasteiger partial charge in [0.05, 0.1) is 24.5 Å². The minimum atomic E-state index is -0.723. The standard InChI is InChI=1S/C20H16F2N4O3S/c1-12-19(30-18(10-27)24-12)29-14-7-5-13(6-8-14)26-20(28)25(11-23-26)9-15-16(21)3-2-4-17(15)22/h2-8,11,27H,9-10H2,1H3. The van der Waals surface area contributed by atoms with Crippen LogP contribution in [0, 0.1) is 18.6 Å². The highest BCUT2D eigenvalue weighted by molar-refractivity contribution is 7.13. The lowest BCUT2D eigenvalue weighted by Gasteiger charge is -2.06. The maximum Gasteiger partial charge on any atom is 0.350 e. The van der Waals surface area contributed by atoms with Gasteiger partial charge in [0.15, 0.2) is 0 Å². The minimum Gasteiger partial charge on any atom is -0.445 e.